The highest BCUT2D eigenvalue weighted by Gasteiger charge is 2.17. The Kier molecular flexibility index (Phi) is 4.81. The van der Waals surface area contributed by atoms with Crippen molar-refractivity contribution in [2.24, 2.45) is 0 Å². The number of carbonyl (C=O) groups excluding carboxylic acids is 2. The zero-order valence-electron chi connectivity index (χ0n) is 9.55. The summed E-state index contributed by atoms with van der Waals surface area (Å²) in [5, 5.41) is 0. The molecule has 0 atom stereocenters. The number of Topliss-reactive ketones (excluding diaryl/α,β-unsaturated/α-hetero) is 1. The van der Waals surface area contributed by atoms with Crippen molar-refractivity contribution in [1.82, 2.24) is 0 Å². The first-order chi connectivity index (χ1) is 7.95. The normalized spacial score (nSPS) is 10.1. The van der Waals surface area contributed by atoms with Gasteiger partial charge in [0.1, 0.15) is 12.2 Å². The van der Waals surface area contributed by atoms with Crippen LogP contribution < -0.4 is 0 Å². The molecule has 92 valence electrons. The highest BCUT2D eigenvalue weighted by molar-refractivity contribution is 9.10. The summed E-state index contributed by atoms with van der Waals surface area (Å²) in [6.45, 7) is 3.59. The molecule has 0 saturated carbocycles. The molecule has 0 radical (unpaired) electrons. The van der Waals surface area contributed by atoms with Crippen molar-refractivity contribution in [2.45, 2.75) is 20.3 Å². The molecule has 0 N–H and O–H groups in total. The Morgan fingerprint density at radius 3 is 2.65 bits per heavy atom. The molecule has 0 bridgehead atoms. The van der Waals surface area contributed by atoms with E-state index in [0.29, 0.717) is 4.47 Å². The van der Waals surface area contributed by atoms with Crippen LogP contribution in [0.5, 0.6) is 0 Å². The smallest absolute Gasteiger partial charge is 0.313 e. The zero-order valence-corrected chi connectivity index (χ0v) is 11.1. The fourth-order valence-corrected chi connectivity index (χ4v) is 1.62. The maximum atomic E-state index is 13.5. The van der Waals surface area contributed by atoms with Crippen molar-refractivity contribution < 1.29 is 18.7 Å². The van der Waals surface area contributed by atoms with Crippen LogP contribution in [0.25, 0.3) is 0 Å². The van der Waals surface area contributed by atoms with Crippen LogP contribution in [0, 0.1) is 12.7 Å². The first-order valence-electron chi connectivity index (χ1n) is 5.10. The maximum absolute atomic E-state index is 13.5. The summed E-state index contributed by atoms with van der Waals surface area (Å²) in [5.74, 6) is -1.86. The number of ether oxygens (including phenoxy) is 1. The average Bonchev–Trinajstić information content (AvgIpc) is 2.23. The summed E-state index contributed by atoms with van der Waals surface area (Å²) in [4.78, 5) is 22.8. The second-order valence-electron chi connectivity index (χ2n) is 3.49. The molecule has 0 amide bonds. The predicted molar refractivity (Wildman–Crippen MR) is 64.4 cm³/mol. The van der Waals surface area contributed by atoms with E-state index in [1.165, 1.54) is 12.1 Å². The summed E-state index contributed by atoms with van der Waals surface area (Å²) in [6.07, 6.45) is -0.439. The SMILES string of the molecule is CCOC(=O)CC(=O)c1cc(C)c(Br)cc1F. The maximum Gasteiger partial charge on any atom is 0.313 e. The third kappa shape index (κ3) is 3.63. The Balaban J connectivity index is 2.89. The predicted octanol–water partition coefficient (Wildman–Crippen LogP) is 3.03. The van der Waals surface area contributed by atoms with Gasteiger partial charge in [-0.3, -0.25) is 9.59 Å². The van der Waals surface area contributed by atoms with Crippen LogP contribution >= 0.6 is 15.9 Å². The van der Waals surface area contributed by atoms with E-state index in [1.807, 2.05) is 0 Å². The lowest BCUT2D eigenvalue weighted by Gasteiger charge is -2.05. The molecular formula is C12H12BrFO3. The summed E-state index contributed by atoms with van der Waals surface area (Å²) in [6, 6.07) is 2.63. The molecule has 0 aliphatic carbocycles. The van der Waals surface area contributed by atoms with E-state index in [0.717, 1.165) is 5.56 Å². The standard InChI is InChI=1S/C12H12BrFO3/c1-3-17-12(16)6-11(15)8-4-7(2)9(13)5-10(8)14/h4-5H,3,6H2,1-2H3. The topological polar surface area (TPSA) is 43.4 Å². The summed E-state index contributed by atoms with van der Waals surface area (Å²) < 4.78 is 18.7. The molecule has 3 nitrogen and oxygen atoms in total. The number of aryl methyl sites for hydroxylation is 1. The largest absolute Gasteiger partial charge is 0.466 e. The molecular weight excluding hydrogens is 291 g/mol. The molecule has 0 aliphatic rings. The third-order valence-corrected chi connectivity index (χ3v) is 3.01. The van der Waals surface area contributed by atoms with Crippen LogP contribution in [0.3, 0.4) is 0 Å². The molecule has 0 spiro atoms. The fraction of sp³-hybridized carbons (Fsp3) is 0.333. The summed E-state index contributed by atoms with van der Waals surface area (Å²) in [5.41, 5.74) is 0.650. The van der Waals surface area contributed by atoms with Crippen LogP contribution in [0.2, 0.25) is 0 Å². The molecule has 0 aromatic heterocycles. The van der Waals surface area contributed by atoms with Gasteiger partial charge in [0.05, 0.1) is 12.2 Å². The number of esters is 1. The number of hydrogen-bond acceptors (Lipinski definition) is 3. The van der Waals surface area contributed by atoms with Gasteiger partial charge in [-0.1, -0.05) is 15.9 Å². The first-order valence-corrected chi connectivity index (χ1v) is 5.89. The van der Waals surface area contributed by atoms with E-state index in [1.54, 1.807) is 13.8 Å². The summed E-state index contributed by atoms with van der Waals surface area (Å²) in [7, 11) is 0. The Labute approximate surface area is 107 Å². The molecule has 1 aromatic carbocycles. The number of ketones is 1. The van der Waals surface area contributed by atoms with E-state index >= 15 is 0 Å². The van der Waals surface area contributed by atoms with Crippen LogP contribution in [-0.2, 0) is 9.53 Å². The van der Waals surface area contributed by atoms with Gasteiger partial charge in [0.15, 0.2) is 5.78 Å². The van der Waals surface area contributed by atoms with Gasteiger partial charge in [0.2, 0.25) is 0 Å². The van der Waals surface area contributed by atoms with Gasteiger partial charge < -0.3 is 4.74 Å². The van der Waals surface area contributed by atoms with Crippen molar-refractivity contribution in [2.75, 3.05) is 6.61 Å². The third-order valence-electron chi connectivity index (χ3n) is 2.16. The van der Waals surface area contributed by atoms with Crippen molar-refractivity contribution in [3.8, 4) is 0 Å². The minimum atomic E-state index is -0.642. The van der Waals surface area contributed by atoms with Gasteiger partial charge in [0.25, 0.3) is 0 Å². The van der Waals surface area contributed by atoms with Crippen LogP contribution in [-0.4, -0.2) is 18.4 Å². The van der Waals surface area contributed by atoms with Gasteiger partial charge in [-0.05, 0) is 31.5 Å². The van der Waals surface area contributed by atoms with Gasteiger partial charge in [-0.2, -0.15) is 0 Å². The first kappa shape index (κ1) is 13.8. The number of hydrogen-bond donors (Lipinski definition) is 0. The molecule has 0 fully saturated rings. The lowest BCUT2D eigenvalue weighted by molar-refractivity contribution is -0.141. The Bertz CT molecular complexity index is 457. The molecule has 0 aliphatic heterocycles. The highest BCUT2D eigenvalue weighted by Crippen LogP contribution is 2.21. The minimum Gasteiger partial charge on any atom is -0.466 e. The van der Waals surface area contributed by atoms with Crippen molar-refractivity contribution in [3.05, 3.63) is 33.5 Å². The minimum absolute atomic E-state index is 0.0845. The molecule has 1 rings (SSSR count). The van der Waals surface area contributed by atoms with Crippen LogP contribution in [0.1, 0.15) is 29.3 Å². The number of carbonyl (C=O) groups is 2. The number of rotatable bonds is 4. The average molecular weight is 303 g/mol. The molecule has 0 heterocycles. The lowest BCUT2D eigenvalue weighted by atomic mass is 10.1. The second-order valence-corrected chi connectivity index (χ2v) is 4.34. The van der Waals surface area contributed by atoms with Gasteiger partial charge in [-0.15, -0.1) is 0 Å². The molecule has 5 heteroatoms. The van der Waals surface area contributed by atoms with Crippen LogP contribution in [0.15, 0.2) is 16.6 Å². The van der Waals surface area contributed by atoms with Crippen molar-refractivity contribution in [1.29, 1.82) is 0 Å². The van der Waals surface area contributed by atoms with Gasteiger partial charge in [-0.25, -0.2) is 4.39 Å². The quantitative estimate of drug-likeness (QED) is 0.488. The van der Waals surface area contributed by atoms with Gasteiger partial charge in [0, 0.05) is 4.47 Å². The molecule has 0 saturated heterocycles. The summed E-state index contributed by atoms with van der Waals surface area (Å²) >= 11 is 3.16. The molecule has 17 heavy (non-hydrogen) atoms. The molecule has 1 aromatic rings. The van der Waals surface area contributed by atoms with Crippen molar-refractivity contribution in [3.63, 3.8) is 0 Å². The fourth-order valence-electron chi connectivity index (χ4n) is 1.31. The molecule has 0 unspecified atom stereocenters. The highest BCUT2D eigenvalue weighted by atomic mass is 79.9. The van der Waals surface area contributed by atoms with E-state index in [9.17, 15) is 14.0 Å². The Hall–Kier alpha value is -1.23. The van der Waals surface area contributed by atoms with E-state index in [4.69, 9.17) is 0 Å². The second kappa shape index (κ2) is 5.91. The van der Waals surface area contributed by atoms with Crippen LogP contribution in [0.4, 0.5) is 4.39 Å². The van der Waals surface area contributed by atoms with E-state index in [-0.39, 0.29) is 12.2 Å². The Morgan fingerprint density at radius 2 is 2.06 bits per heavy atom. The van der Waals surface area contributed by atoms with Crippen molar-refractivity contribution >= 4 is 27.7 Å². The number of benzene rings is 1. The van der Waals surface area contributed by atoms with E-state index in [2.05, 4.69) is 20.7 Å². The van der Waals surface area contributed by atoms with Gasteiger partial charge >= 0.3 is 5.97 Å². The zero-order chi connectivity index (χ0) is 13.0. The Morgan fingerprint density at radius 1 is 1.41 bits per heavy atom. The lowest BCUT2D eigenvalue weighted by Crippen LogP contribution is -2.12. The monoisotopic (exact) mass is 302 g/mol. The van der Waals surface area contributed by atoms with E-state index < -0.39 is 24.0 Å². The number of halogens is 2.